The molecule has 0 saturated carbocycles. The summed E-state index contributed by atoms with van der Waals surface area (Å²) < 4.78 is 10.1. The molecule has 3 aromatic rings. The van der Waals surface area contributed by atoms with Gasteiger partial charge in [-0.1, -0.05) is 36.4 Å². The van der Waals surface area contributed by atoms with Crippen molar-refractivity contribution in [2.45, 2.75) is 6.92 Å². The van der Waals surface area contributed by atoms with Crippen LogP contribution < -0.4 is 5.32 Å². The Morgan fingerprint density at radius 2 is 1.79 bits per heavy atom. The standard InChI is InChI=1S/C20H17NO5S2/c1-2-25-20(24)18-14(11-16(28-18)13-7-4-3-5-8-13)21-17(22)12-26-19(23)15-9-6-10-27-15/h3-11H,2,12H2,1H3,(H,21,22). The third kappa shape index (κ3) is 4.85. The van der Waals surface area contributed by atoms with Gasteiger partial charge in [0.05, 0.1) is 12.3 Å². The Balaban J connectivity index is 1.73. The van der Waals surface area contributed by atoms with E-state index in [4.69, 9.17) is 9.47 Å². The molecule has 2 aromatic heterocycles. The molecule has 0 aliphatic carbocycles. The summed E-state index contributed by atoms with van der Waals surface area (Å²) in [6.45, 7) is 1.49. The van der Waals surface area contributed by atoms with Gasteiger partial charge in [0.15, 0.2) is 6.61 Å². The largest absolute Gasteiger partial charge is 0.462 e. The van der Waals surface area contributed by atoms with Crippen LogP contribution in [0, 0.1) is 0 Å². The molecule has 1 N–H and O–H groups in total. The van der Waals surface area contributed by atoms with Gasteiger partial charge in [-0.2, -0.15) is 0 Å². The molecular formula is C20H17NO5S2. The maximum absolute atomic E-state index is 12.3. The Labute approximate surface area is 169 Å². The molecule has 0 radical (unpaired) electrons. The van der Waals surface area contributed by atoms with E-state index >= 15 is 0 Å². The number of carbonyl (C=O) groups is 3. The van der Waals surface area contributed by atoms with Gasteiger partial charge in [0.25, 0.3) is 5.91 Å². The van der Waals surface area contributed by atoms with Gasteiger partial charge >= 0.3 is 11.9 Å². The number of rotatable bonds is 7. The molecule has 6 nitrogen and oxygen atoms in total. The Morgan fingerprint density at radius 3 is 2.46 bits per heavy atom. The number of hydrogen-bond acceptors (Lipinski definition) is 7. The van der Waals surface area contributed by atoms with Gasteiger partial charge < -0.3 is 14.8 Å². The lowest BCUT2D eigenvalue weighted by molar-refractivity contribution is -0.119. The second kappa shape index (κ2) is 9.29. The smallest absolute Gasteiger partial charge is 0.350 e. The summed E-state index contributed by atoms with van der Waals surface area (Å²) in [5, 5.41) is 4.39. The topological polar surface area (TPSA) is 81.7 Å². The first-order valence-electron chi connectivity index (χ1n) is 8.45. The highest BCUT2D eigenvalue weighted by Crippen LogP contribution is 2.35. The van der Waals surface area contributed by atoms with E-state index in [2.05, 4.69) is 5.32 Å². The summed E-state index contributed by atoms with van der Waals surface area (Å²) in [5.41, 5.74) is 1.25. The average Bonchev–Trinajstić information content (AvgIpc) is 3.37. The summed E-state index contributed by atoms with van der Waals surface area (Å²) in [7, 11) is 0. The highest BCUT2D eigenvalue weighted by Gasteiger charge is 2.20. The predicted octanol–water partition coefficient (Wildman–Crippen LogP) is 4.45. The summed E-state index contributed by atoms with van der Waals surface area (Å²) in [6, 6.07) is 14.6. The molecule has 28 heavy (non-hydrogen) atoms. The minimum atomic E-state index is -0.564. The van der Waals surface area contributed by atoms with Crippen molar-refractivity contribution in [2.75, 3.05) is 18.5 Å². The fourth-order valence-electron chi connectivity index (χ4n) is 2.36. The monoisotopic (exact) mass is 415 g/mol. The Hall–Kier alpha value is -2.97. The Morgan fingerprint density at radius 1 is 1.00 bits per heavy atom. The average molecular weight is 415 g/mol. The molecule has 144 valence electrons. The number of hydrogen-bond donors (Lipinski definition) is 1. The summed E-state index contributed by atoms with van der Waals surface area (Å²) in [6.07, 6.45) is 0. The van der Waals surface area contributed by atoms with Crippen LogP contribution in [0.5, 0.6) is 0 Å². The second-order valence-electron chi connectivity index (χ2n) is 5.54. The fraction of sp³-hybridized carbons (Fsp3) is 0.150. The Kier molecular flexibility index (Phi) is 6.57. The van der Waals surface area contributed by atoms with Gasteiger partial charge in [0, 0.05) is 4.88 Å². The molecule has 0 aliphatic rings. The first kappa shape index (κ1) is 19.8. The van der Waals surface area contributed by atoms with Gasteiger partial charge in [-0.05, 0) is 30.0 Å². The number of esters is 2. The third-order valence-electron chi connectivity index (χ3n) is 3.58. The van der Waals surface area contributed by atoms with Crippen molar-refractivity contribution in [1.29, 1.82) is 0 Å². The van der Waals surface area contributed by atoms with Crippen molar-refractivity contribution in [3.8, 4) is 10.4 Å². The summed E-state index contributed by atoms with van der Waals surface area (Å²) >= 11 is 2.46. The number of benzene rings is 1. The molecule has 0 saturated heterocycles. The first-order valence-corrected chi connectivity index (χ1v) is 10.1. The molecule has 2 heterocycles. The lowest BCUT2D eigenvalue weighted by atomic mass is 10.2. The number of thiophene rings is 2. The lowest BCUT2D eigenvalue weighted by Gasteiger charge is -2.06. The zero-order valence-corrected chi connectivity index (χ0v) is 16.6. The number of ether oxygens (including phenoxy) is 2. The molecule has 3 rings (SSSR count). The maximum atomic E-state index is 12.3. The molecule has 0 aliphatic heterocycles. The number of amides is 1. The van der Waals surface area contributed by atoms with E-state index in [1.807, 2.05) is 30.3 Å². The van der Waals surface area contributed by atoms with E-state index in [-0.39, 0.29) is 6.61 Å². The molecule has 0 fully saturated rings. The molecule has 0 bridgehead atoms. The minimum Gasteiger partial charge on any atom is -0.462 e. The highest BCUT2D eigenvalue weighted by atomic mass is 32.1. The molecule has 1 amide bonds. The van der Waals surface area contributed by atoms with Crippen molar-refractivity contribution in [3.63, 3.8) is 0 Å². The molecular weight excluding hydrogens is 398 g/mol. The fourth-order valence-corrected chi connectivity index (χ4v) is 3.99. The quantitative estimate of drug-likeness (QED) is 0.577. The molecule has 8 heteroatoms. The van der Waals surface area contributed by atoms with Crippen LogP contribution in [0.2, 0.25) is 0 Å². The number of nitrogens with one attached hydrogen (secondary N) is 1. The van der Waals surface area contributed by atoms with E-state index in [9.17, 15) is 14.4 Å². The first-order chi connectivity index (χ1) is 13.6. The van der Waals surface area contributed by atoms with Gasteiger partial charge in [-0.3, -0.25) is 4.79 Å². The van der Waals surface area contributed by atoms with Crippen LogP contribution in [-0.2, 0) is 14.3 Å². The molecule has 0 spiro atoms. The SMILES string of the molecule is CCOC(=O)c1sc(-c2ccccc2)cc1NC(=O)COC(=O)c1cccs1. The van der Waals surface area contributed by atoms with Gasteiger partial charge in [-0.25, -0.2) is 9.59 Å². The van der Waals surface area contributed by atoms with Crippen LogP contribution in [-0.4, -0.2) is 31.1 Å². The van der Waals surface area contributed by atoms with Crippen molar-refractivity contribution < 1.29 is 23.9 Å². The molecule has 1 aromatic carbocycles. The van der Waals surface area contributed by atoms with Crippen LogP contribution in [0.1, 0.15) is 26.3 Å². The Bertz CT molecular complexity index is 964. The predicted molar refractivity (Wildman–Crippen MR) is 109 cm³/mol. The van der Waals surface area contributed by atoms with Gasteiger partial charge in [0.2, 0.25) is 0 Å². The van der Waals surface area contributed by atoms with E-state index in [1.165, 1.54) is 22.7 Å². The van der Waals surface area contributed by atoms with Crippen molar-refractivity contribution in [3.05, 3.63) is 63.7 Å². The van der Waals surface area contributed by atoms with Gasteiger partial charge in [0.1, 0.15) is 9.75 Å². The second-order valence-corrected chi connectivity index (χ2v) is 7.54. The lowest BCUT2D eigenvalue weighted by Crippen LogP contribution is -2.21. The van der Waals surface area contributed by atoms with E-state index in [1.54, 1.807) is 30.5 Å². The summed E-state index contributed by atoms with van der Waals surface area (Å²) in [5.74, 6) is -1.61. The van der Waals surface area contributed by atoms with E-state index < -0.39 is 24.5 Å². The van der Waals surface area contributed by atoms with Crippen LogP contribution >= 0.6 is 22.7 Å². The van der Waals surface area contributed by atoms with Crippen LogP contribution in [0.4, 0.5) is 5.69 Å². The minimum absolute atomic E-state index is 0.225. The maximum Gasteiger partial charge on any atom is 0.350 e. The highest BCUT2D eigenvalue weighted by molar-refractivity contribution is 7.18. The van der Waals surface area contributed by atoms with Crippen molar-refractivity contribution in [2.24, 2.45) is 0 Å². The number of carbonyl (C=O) groups excluding carboxylic acids is 3. The van der Waals surface area contributed by atoms with E-state index in [0.717, 1.165) is 10.4 Å². The van der Waals surface area contributed by atoms with Gasteiger partial charge in [-0.15, -0.1) is 22.7 Å². The third-order valence-corrected chi connectivity index (χ3v) is 5.60. The zero-order valence-electron chi connectivity index (χ0n) is 15.0. The molecule has 0 atom stereocenters. The van der Waals surface area contributed by atoms with E-state index in [0.29, 0.717) is 15.4 Å². The molecule has 0 unspecified atom stereocenters. The zero-order chi connectivity index (χ0) is 19.9. The number of anilines is 1. The van der Waals surface area contributed by atoms with Crippen LogP contribution in [0.15, 0.2) is 53.9 Å². The van der Waals surface area contributed by atoms with Crippen LogP contribution in [0.25, 0.3) is 10.4 Å². The summed E-state index contributed by atoms with van der Waals surface area (Å²) in [4.78, 5) is 37.9. The van der Waals surface area contributed by atoms with Crippen molar-refractivity contribution in [1.82, 2.24) is 0 Å². The van der Waals surface area contributed by atoms with Crippen molar-refractivity contribution >= 4 is 46.2 Å². The van der Waals surface area contributed by atoms with Crippen LogP contribution in [0.3, 0.4) is 0 Å². The normalized spacial score (nSPS) is 10.3.